The number of hydrogen-bond donors (Lipinski definition) is 0. The average Bonchev–Trinajstić information content (AvgIpc) is 2.95. The molecule has 1 aliphatic rings. The van der Waals surface area contributed by atoms with E-state index in [0.717, 1.165) is 29.6 Å². The van der Waals surface area contributed by atoms with Crippen LogP contribution in [0.3, 0.4) is 0 Å². The molecule has 0 saturated carbocycles. The number of rotatable bonds is 3. The van der Waals surface area contributed by atoms with Crippen molar-refractivity contribution in [2.24, 2.45) is 5.41 Å². The molecule has 1 atom stereocenters. The SMILES string of the molecule is CC(C)(C)CC(=O)N1CCC(Oc2cccc3cccnc23)C1. The molecule has 23 heavy (non-hydrogen) atoms. The molecule has 1 saturated heterocycles. The van der Waals surface area contributed by atoms with E-state index in [0.29, 0.717) is 13.0 Å². The molecule has 4 nitrogen and oxygen atoms in total. The molecule has 0 radical (unpaired) electrons. The van der Waals surface area contributed by atoms with Crippen LogP contribution < -0.4 is 4.74 Å². The monoisotopic (exact) mass is 312 g/mol. The van der Waals surface area contributed by atoms with Crippen molar-refractivity contribution >= 4 is 16.8 Å². The van der Waals surface area contributed by atoms with Crippen LogP contribution in [0.2, 0.25) is 0 Å². The number of para-hydroxylation sites is 1. The third-order valence-electron chi connectivity index (χ3n) is 4.07. The number of carbonyl (C=O) groups is 1. The summed E-state index contributed by atoms with van der Waals surface area (Å²) in [5.41, 5.74) is 0.907. The second-order valence-electron chi connectivity index (χ2n) is 7.44. The Morgan fingerprint density at radius 2 is 2.09 bits per heavy atom. The Balaban J connectivity index is 1.67. The minimum absolute atomic E-state index is 0.0234. The molecular formula is C19H24N2O2. The lowest BCUT2D eigenvalue weighted by Gasteiger charge is -2.23. The summed E-state index contributed by atoms with van der Waals surface area (Å²) in [6.07, 6.45) is 3.28. The van der Waals surface area contributed by atoms with Crippen molar-refractivity contribution in [3.05, 3.63) is 36.5 Å². The zero-order valence-corrected chi connectivity index (χ0v) is 14.1. The Morgan fingerprint density at radius 1 is 1.30 bits per heavy atom. The first-order chi connectivity index (χ1) is 10.9. The van der Waals surface area contributed by atoms with E-state index in [1.165, 1.54) is 0 Å². The molecule has 1 fully saturated rings. The standard InChI is InChI=1S/C19H24N2O2/c1-19(2,3)12-17(22)21-11-9-15(13-21)23-16-8-4-6-14-7-5-10-20-18(14)16/h4-8,10,15H,9,11-13H2,1-3H3. The van der Waals surface area contributed by atoms with Crippen LogP contribution >= 0.6 is 0 Å². The summed E-state index contributed by atoms with van der Waals surface area (Å²) < 4.78 is 6.14. The summed E-state index contributed by atoms with van der Waals surface area (Å²) in [6, 6.07) is 9.92. The Bertz CT molecular complexity index is 701. The summed E-state index contributed by atoms with van der Waals surface area (Å²) in [5.74, 6) is 1.03. The maximum Gasteiger partial charge on any atom is 0.223 e. The molecule has 0 bridgehead atoms. The Morgan fingerprint density at radius 3 is 2.87 bits per heavy atom. The van der Waals surface area contributed by atoms with E-state index in [9.17, 15) is 4.79 Å². The first kappa shape index (κ1) is 15.8. The lowest BCUT2D eigenvalue weighted by atomic mass is 9.92. The number of pyridine rings is 1. The van der Waals surface area contributed by atoms with Gasteiger partial charge >= 0.3 is 0 Å². The number of carbonyl (C=O) groups excluding carboxylic acids is 1. The Labute approximate surface area is 137 Å². The molecule has 1 aromatic carbocycles. The molecule has 1 aliphatic heterocycles. The molecule has 1 aromatic heterocycles. The van der Waals surface area contributed by atoms with E-state index in [1.54, 1.807) is 6.20 Å². The third-order valence-corrected chi connectivity index (χ3v) is 4.07. The van der Waals surface area contributed by atoms with Gasteiger partial charge in [0.2, 0.25) is 5.91 Å². The van der Waals surface area contributed by atoms with Gasteiger partial charge in [-0.3, -0.25) is 9.78 Å². The lowest BCUT2D eigenvalue weighted by Crippen LogP contribution is -2.33. The van der Waals surface area contributed by atoms with Gasteiger partial charge in [-0.2, -0.15) is 0 Å². The van der Waals surface area contributed by atoms with Crippen molar-refractivity contribution in [2.45, 2.75) is 39.7 Å². The largest absolute Gasteiger partial charge is 0.486 e. The summed E-state index contributed by atoms with van der Waals surface area (Å²) in [6.45, 7) is 7.72. The lowest BCUT2D eigenvalue weighted by molar-refractivity contribution is -0.132. The number of benzene rings is 1. The van der Waals surface area contributed by atoms with Gasteiger partial charge in [0.05, 0.1) is 6.54 Å². The van der Waals surface area contributed by atoms with Gasteiger partial charge in [0, 0.05) is 31.0 Å². The zero-order chi connectivity index (χ0) is 16.4. The van der Waals surface area contributed by atoms with Crippen molar-refractivity contribution < 1.29 is 9.53 Å². The fourth-order valence-electron chi connectivity index (χ4n) is 2.97. The van der Waals surface area contributed by atoms with Gasteiger partial charge in [-0.05, 0) is 17.5 Å². The van der Waals surface area contributed by atoms with Gasteiger partial charge in [0.15, 0.2) is 0 Å². The fraction of sp³-hybridized carbons (Fsp3) is 0.474. The number of aromatic nitrogens is 1. The molecule has 1 unspecified atom stereocenters. The molecule has 0 spiro atoms. The van der Waals surface area contributed by atoms with Crippen molar-refractivity contribution in [2.75, 3.05) is 13.1 Å². The Kier molecular flexibility index (Phi) is 4.24. The average molecular weight is 312 g/mol. The molecule has 2 heterocycles. The van der Waals surface area contributed by atoms with Crippen LogP contribution in [0.4, 0.5) is 0 Å². The van der Waals surface area contributed by atoms with Crippen molar-refractivity contribution in [3.8, 4) is 5.75 Å². The predicted molar refractivity (Wildman–Crippen MR) is 91.4 cm³/mol. The maximum absolute atomic E-state index is 12.3. The molecular weight excluding hydrogens is 288 g/mol. The fourth-order valence-corrected chi connectivity index (χ4v) is 2.97. The summed E-state index contributed by atoms with van der Waals surface area (Å²) in [7, 11) is 0. The molecule has 122 valence electrons. The molecule has 0 aliphatic carbocycles. The van der Waals surface area contributed by atoms with Gasteiger partial charge in [-0.1, -0.05) is 39.0 Å². The van der Waals surface area contributed by atoms with Crippen molar-refractivity contribution in [3.63, 3.8) is 0 Å². The molecule has 0 N–H and O–H groups in total. The highest BCUT2D eigenvalue weighted by Gasteiger charge is 2.30. The smallest absolute Gasteiger partial charge is 0.223 e. The van der Waals surface area contributed by atoms with Crippen LogP contribution in [-0.2, 0) is 4.79 Å². The highest BCUT2D eigenvalue weighted by atomic mass is 16.5. The van der Waals surface area contributed by atoms with Crippen LogP contribution in [-0.4, -0.2) is 35.0 Å². The minimum atomic E-state index is 0.0234. The number of likely N-dealkylation sites (tertiary alicyclic amines) is 1. The summed E-state index contributed by atoms with van der Waals surface area (Å²) in [4.78, 5) is 18.7. The van der Waals surface area contributed by atoms with Gasteiger partial charge in [0.1, 0.15) is 17.4 Å². The number of hydrogen-bond acceptors (Lipinski definition) is 3. The molecule has 2 aromatic rings. The first-order valence-corrected chi connectivity index (χ1v) is 8.20. The zero-order valence-electron chi connectivity index (χ0n) is 14.1. The Hall–Kier alpha value is -2.10. The minimum Gasteiger partial charge on any atom is -0.486 e. The van der Waals surface area contributed by atoms with Gasteiger partial charge in [-0.15, -0.1) is 0 Å². The first-order valence-electron chi connectivity index (χ1n) is 8.20. The number of fused-ring (bicyclic) bond motifs is 1. The third kappa shape index (κ3) is 3.81. The quantitative estimate of drug-likeness (QED) is 0.869. The number of ether oxygens (including phenoxy) is 1. The van der Waals surface area contributed by atoms with Crippen LogP contribution in [0.1, 0.15) is 33.6 Å². The molecule has 3 rings (SSSR count). The van der Waals surface area contributed by atoms with Gasteiger partial charge < -0.3 is 9.64 Å². The summed E-state index contributed by atoms with van der Waals surface area (Å²) >= 11 is 0. The van der Waals surface area contributed by atoms with E-state index in [-0.39, 0.29) is 17.4 Å². The van der Waals surface area contributed by atoms with Crippen molar-refractivity contribution in [1.82, 2.24) is 9.88 Å². The second-order valence-corrected chi connectivity index (χ2v) is 7.44. The van der Waals surface area contributed by atoms with Crippen LogP contribution in [0.15, 0.2) is 36.5 Å². The second kappa shape index (κ2) is 6.19. The molecule has 1 amide bonds. The van der Waals surface area contributed by atoms with Crippen LogP contribution in [0.25, 0.3) is 10.9 Å². The topological polar surface area (TPSA) is 42.4 Å². The van der Waals surface area contributed by atoms with Crippen LogP contribution in [0.5, 0.6) is 5.75 Å². The maximum atomic E-state index is 12.3. The molecule has 4 heteroatoms. The van der Waals surface area contributed by atoms with Crippen molar-refractivity contribution in [1.29, 1.82) is 0 Å². The highest BCUT2D eigenvalue weighted by molar-refractivity contribution is 5.84. The van der Waals surface area contributed by atoms with E-state index in [1.807, 2.05) is 35.2 Å². The normalized spacial score (nSPS) is 18.4. The predicted octanol–water partition coefficient (Wildman–Crippen LogP) is 3.65. The van der Waals surface area contributed by atoms with E-state index < -0.39 is 0 Å². The highest BCUT2D eigenvalue weighted by Crippen LogP contribution is 2.27. The van der Waals surface area contributed by atoms with Crippen LogP contribution in [0, 0.1) is 5.41 Å². The number of amides is 1. The number of nitrogens with zero attached hydrogens (tertiary/aromatic N) is 2. The van der Waals surface area contributed by atoms with E-state index >= 15 is 0 Å². The summed E-state index contributed by atoms with van der Waals surface area (Å²) in [5, 5.41) is 1.07. The van der Waals surface area contributed by atoms with E-state index in [4.69, 9.17) is 4.74 Å². The van der Waals surface area contributed by atoms with Gasteiger partial charge in [-0.25, -0.2) is 0 Å². The van der Waals surface area contributed by atoms with Gasteiger partial charge in [0.25, 0.3) is 0 Å². The van der Waals surface area contributed by atoms with E-state index in [2.05, 4.69) is 25.8 Å².